The van der Waals surface area contributed by atoms with Crippen LogP contribution < -0.4 is 11.2 Å². The average Bonchev–Trinajstić information content (AvgIpc) is 2.73. The van der Waals surface area contributed by atoms with Crippen molar-refractivity contribution < 1.29 is 4.79 Å². The molecule has 0 aliphatic carbocycles. The molecular formula is C11H9ClN2O3S. The molecule has 1 N–H and O–H groups in total. The molecule has 0 saturated carbocycles. The van der Waals surface area contributed by atoms with Crippen molar-refractivity contribution in [2.75, 3.05) is 0 Å². The van der Waals surface area contributed by atoms with Crippen LogP contribution in [-0.4, -0.2) is 15.3 Å². The third-order valence-corrected chi connectivity index (χ3v) is 3.62. The van der Waals surface area contributed by atoms with E-state index >= 15 is 0 Å². The summed E-state index contributed by atoms with van der Waals surface area (Å²) >= 11 is 6.89. The molecule has 0 spiro atoms. The minimum Gasteiger partial charge on any atom is -0.292 e. The topological polar surface area (TPSA) is 71.9 Å². The van der Waals surface area contributed by atoms with Gasteiger partial charge in [0.05, 0.1) is 15.8 Å². The van der Waals surface area contributed by atoms with E-state index in [1.807, 2.05) is 0 Å². The van der Waals surface area contributed by atoms with Gasteiger partial charge in [0.25, 0.3) is 5.56 Å². The molecule has 94 valence electrons. The SMILES string of the molecule is Cc1cn(CC(=O)c2ccc(Cl)s2)c(=O)[nH]c1=O. The van der Waals surface area contributed by atoms with Crippen LogP contribution in [0.15, 0.2) is 27.9 Å². The number of ketones is 1. The highest BCUT2D eigenvalue weighted by molar-refractivity contribution is 7.18. The third-order valence-electron chi connectivity index (χ3n) is 2.35. The van der Waals surface area contributed by atoms with Crippen LogP contribution in [0, 0.1) is 6.92 Å². The number of nitrogens with one attached hydrogen (secondary N) is 1. The summed E-state index contributed by atoms with van der Waals surface area (Å²) in [5.74, 6) is -0.222. The van der Waals surface area contributed by atoms with E-state index in [9.17, 15) is 14.4 Å². The van der Waals surface area contributed by atoms with Crippen LogP contribution in [0.3, 0.4) is 0 Å². The van der Waals surface area contributed by atoms with Crippen molar-refractivity contribution in [2.24, 2.45) is 0 Å². The van der Waals surface area contributed by atoms with Gasteiger partial charge in [-0.25, -0.2) is 4.79 Å². The quantitative estimate of drug-likeness (QED) is 0.867. The van der Waals surface area contributed by atoms with Gasteiger partial charge in [-0.1, -0.05) is 11.6 Å². The molecule has 0 amide bonds. The Morgan fingerprint density at radius 2 is 2.17 bits per heavy atom. The number of hydrogen-bond donors (Lipinski definition) is 1. The van der Waals surface area contributed by atoms with Gasteiger partial charge in [0.2, 0.25) is 0 Å². The summed E-state index contributed by atoms with van der Waals surface area (Å²) in [4.78, 5) is 37.2. The lowest BCUT2D eigenvalue weighted by molar-refractivity contribution is 0.0974. The molecule has 0 unspecified atom stereocenters. The van der Waals surface area contributed by atoms with Crippen molar-refractivity contribution in [1.29, 1.82) is 0 Å². The molecule has 0 radical (unpaired) electrons. The summed E-state index contributed by atoms with van der Waals surface area (Å²) in [5, 5.41) is 0. The number of H-pyrrole nitrogens is 1. The number of rotatable bonds is 3. The van der Waals surface area contributed by atoms with Gasteiger partial charge in [-0.2, -0.15) is 0 Å². The van der Waals surface area contributed by atoms with E-state index in [0.29, 0.717) is 14.8 Å². The monoisotopic (exact) mass is 284 g/mol. The third kappa shape index (κ3) is 2.60. The zero-order valence-electron chi connectivity index (χ0n) is 9.40. The summed E-state index contributed by atoms with van der Waals surface area (Å²) in [6.07, 6.45) is 1.37. The van der Waals surface area contributed by atoms with E-state index in [-0.39, 0.29) is 12.3 Å². The van der Waals surface area contributed by atoms with Gasteiger partial charge in [0.1, 0.15) is 0 Å². The first-order valence-electron chi connectivity index (χ1n) is 5.06. The molecule has 0 aliphatic heterocycles. The zero-order chi connectivity index (χ0) is 13.3. The number of aromatic amines is 1. The number of halogens is 1. The fourth-order valence-corrected chi connectivity index (χ4v) is 2.41. The largest absolute Gasteiger partial charge is 0.328 e. The van der Waals surface area contributed by atoms with Crippen LogP contribution >= 0.6 is 22.9 Å². The maximum absolute atomic E-state index is 11.9. The maximum Gasteiger partial charge on any atom is 0.328 e. The first-order valence-corrected chi connectivity index (χ1v) is 6.26. The van der Waals surface area contributed by atoms with Gasteiger partial charge in [0.15, 0.2) is 5.78 Å². The molecule has 5 nitrogen and oxygen atoms in total. The molecule has 7 heteroatoms. The molecule has 0 bridgehead atoms. The molecule has 0 saturated heterocycles. The molecule has 18 heavy (non-hydrogen) atoms. The molecule has 2 rings (SSSR count). The smallest absolute Gasteiger partial charge is 0.292 e. The Morgan fingerprint density at radius 3 is 2.78 bits per heavy atom. The fraction of sp³-hybridized carbons (Fsp3) is 0.182. The predicted molar refractivity (Wildman–Crippen MR) is 69.7 cm³/mol. The van der Waals surface area contributed by atoms with Crippen molar-refractivity contribution in [3.8, 4) is 0 Å². The highest BCUT2D eigenvalue weighted by Crippen LogP contribution is 2.21. The van der Waals surface area contributed by atoms with E-state index in [2.05, 4.69) is 4.98 Å². The Bertz CT molecular complexity index is 714. The van der Waals surface area contributed by atoms with Crippen molar-refractivity contribution in [3.63, 3.8) is 0 Å². The predicted octanol–water partition coefficient (Wildman–Crippen LogP) is 1.44. The van der Waals surface area contributed by atoms with Crippen molar-refractivity contribution in [1.82, 2.24) is 9.55 Å². The second kappa shape index (κ2) is 4.91. The number of nitrogens with zero attached hydrogens (tertiary/aromatic N) is 1. The summed E-state index contributed by atoms with van der Waals surface area (Å²) in [5.41, 5.74) is -0.656. The van der Waals surface area contributed by atoms with Crippen molar-refractivity contribution in [2.45, 2.75) is 13.5 Å². The van der Waals surface area contributed by atoms with E-state index in [1.165, 1.54) is 10.8 Å². The molecule has 2 heterocycles. The van der Waals surface area contributed by atoms with Gasteiger partial charge < -0.3 is 0 Å². The number of aromatic nitrogens is 2. The second-order valence-electron chi connectivity index (χ2n) is 3.73. The summed E-state index contributed by atoms with van der Waals surface area (Å²) in [6.45, 7) is 1.45. The molecular weight excluding hydrogens is 276 g/mol. The van der Waals surface area contributed by atoms with Crippen LogP contribution in [-0.2, 0) is 6.54 Å². The van der Waals surface area contributed by atoms with E-state index in [0.717, 1.165) is 11.3 Å². The Hall–Kier alpha value is -1.66. The molecule has 2 aromatic rings. The van der Waals surface area contributed by atoms with Crippen LogP contribution in [0.5, 0.6) is 0 Å². The number of hydrogen-bond acceptors (Lipinski definition) is 4. The van der Waals surface area contributed by atoms with E-state index in [1.54, 1.807) is 19.1 Å². The van der Waals surface area contributed by atoms with E-state index < -0.39 is 11.2 Å². The molecule has 0 atom stereocenters. The normalized spacial score (nSPS) is 10.6. The van der Waals surface area contributed by atoms with Crippen LogP contribution in [0.25, 0.3) is 0 Å². The Labute approximate surface area is 111 Å². The van der Waals surface area contributed by atoms with Gasteiger partial charge in [0, 0.05) is 11.8 Å². The summed E-state index contributed by atoms with van der Waals surface area (Å²) in [6, 6.07) is 3.24. The van der Waals surface area contributed by atoms with Crippen LogP contribution in [0.4, 0.5) is 0 Å². The van der Waals surface area contributed by atoms with E-state index in [4.69, 9.17) is 11.6 Å². The van der Waals surface area contributed by atoms with Crippen molar-refractivity contribution >= 4 is 28.7 Å². The maximum atomic E-state index is 11.9. The molecule has 0 aliphatic rings. The number of aryl methyl sites for hydroxylation is 1. The molecule has 0 fully saturated rings. The number of carbonyl (C=O) groups excluding carboxylic acids is 1. The summed E-state index contributed by atoms with van der Waals surface area (Å²) < 4.78 is 1.69. The van der Waals surface area contributed by atoms with Gasteiger partial charge in [-0.05, 0) is 19.1 Å². The zero-order valence-corrected chi connectivity index (χ0v) is 11.0. The fourth-order valence-electron chi connectivity index (χ4n) is 1.43. The highest BCUT2D eigenvalue weighted by Gasteiger charge is 2.11. The number of Topliss-reactive ketones (excluding diaryl/α,β-unsaturated/α-hetero) is 1. The van der Waals surface area contributed by atoms with Gasteiger partial charge in [-0.3, -0.25) is 19.1 Å². The number of carbonyl (C=O) groups is 1. The first-order chi connectivity index (χ1) is 8.47. The average molecular weight is 285 g/mol. The Morgan fingerprint density at radius 1 is 1.44 bits per heavy atom. The lowest BCUT2D eigenvalue weighted by atomic mass is 10.3. The molecule has 0 aromatic carbocycles. The number of thiophene rings is 1. The van der Waals surface area contributed by atoms with Gasteiger partial charge in [-0.15, -0.1) is 11.3 Å². The Balaban J connectivity index is 2.30. The minimum atomic E-state index is -0.596. The summed E-state index contributed by atoms with van der Waals surface area (Å²) in [7, 11) is 0. The standard InChI is InChI=1S/C11H9ClN2O3S/c1-6-4-14(11(17)13-10(6)16)5-7(15)8-2-3-9(12)18-8/h2-4H,5H2,1H3,(H,13,16,17). The Kier molecular flexibility index (Phi) is 3.49. The first kappa shape index (κ1) is 12.8. The van der Waals surface area contributed by atoms with Crippen LogP contribution in [0.1, 0.15) is 15.2 Å². The molecule has 2 aromatic heterocycles. The second-order valence-corrected chi connectivity index (χ2v) is 5.44. The van der Waals surface area contributed by atoms with Crippen molar-refractivity contribution in [3.05, 3.63) is 53.9 Å². The minimum absolute atomic E-state index is 0.118. The van der Waals surface area contributed by atoms with Crippen LogP contribution in [0.2, 0.25) is 4.34 Å². The lowest BCUT2D eigenvalue weighted by Gasteiger charge is -2.03. The van der Waals surface area contributed by atoms with Gasteiger partial charge >= 0.3 is 5.69 Å². The lowest BCUT2D eigenvalue weighted by Crippen LogP contribution is -2.32. The highest BCUT2D eigenvalue weighted by atomic mass is 35.5.